The molecular formula is C13H11BrClNO. The summed E-state index contributed by atoms with van der Waals surface area (Å²) < 4.78 is 5.73. The third-order valence-corrected chi connectivity index (χ3v) is 3.16. The van der Waals surface area contributed by atoms with Crippen molar-refractivity contribution in [2.75, 3.05) is 0 Å². The summed E-state index contributed by atoms with van der Waals surface area (Å²) in [5, 5.41) is 1.41. The Morgan fingerprint density at radius 2 is 2.12 bits per heavy atom. The molecule has 0 aliphatic rings. The van der Waals surface area contributed by atoms with Crippen molar-refractivity contribution in [3.8, 4) is 11.5 Å². The van der Waals surface area contributed by atoms with Crippen LogP contribution >= 0.6 is 27.5 Å². The summed E-state index contributed by atoms with van der Waals surface area (Å²) in [5.74, 6) is 1.46. The molecule has 4 heteroatoms. The fourth-order valence-electron chi connectivity index (χ4n) is 1.48. The topological polar surface area (TPSA) is 22.1 Å². The van der Waals surface area contributed by atoms with E-state index in [1.54, 1.807) is 18.5 Å². The van der Waals surface area contributed by atoms with E-state index in [4.69, 9.17) is 16.3 Å². The van der Waals surface area contributed by atoms with E-state index in [1.807, 2.05) is 19.1 Å². The van der Waals surface area contributed by atoms with Crippen LogP contribution in [0.1, 0.15) is 11.1 Å². The maximum Gasteiger partial charge on any atom is 0.147 e. The molecule has 0 aliphatic heterocycles. The van der Waals surface area contributed by atoms with E-state index in [0.717, 1.165) is 16.6 Å². The lowest BCUT2D eigenvalue weighted by Crippen LogP contribution is -1.89. The van der Waals surface area contributed by atoms with Gasteiger partial charge in [-0.1, -0.05) is 39.7 Å². The molecule has 0 fully saturated rings. The van der Waals surface area contributed by atoms with Gasteiger partial charge in [0.05, 0.1) is 11.2 Å². The summed E-state index contributed by atoms with van der Waals surface area (Å²) in [6.07, 6.45) is 3.22. The summed E-state index contributed by atoms with van der Waals surface area (Å²) in [4.78, 5) is 3.98. The van der Waals surface area contributed by atoms with Crippen LogP contribution in [0.4, 0.5) is 0 Å². The van der Waals surface area contributed by atoms with Crippen LogP contribution in [0.3, 0.4) is 0 Å². The Bertz CT molecular complexity index is 531. The normalized spacial score (nSPS) is 10.3. The molecule has 2 aromatic rings. The first kappa shape index (κ1) is 12.4. The van der Waals surface area contributed by atoms with E-state index in [0.29, 0.717) is 10.8 Å². The smallest absolute Gasteiger partial charge is 0.147 e. The van der Waals surface area contributed by atoms with Crippen molar-refractivity contribution in [3.63, 3.8) is 0 Å². The lowest BCUT2D eigenvalue weighted by Gasteiger charge is -2.09. The second-order valence-corrected chi connectivity index (χ2v) is 4.67. The molecule has 0 unspecified atom stereocenters. The highest BCUT2D eigenvalue weighted by Crippen LogP contribution is 2.27. The molecule has 2 rings (SSSR count). The van der Waals surface area contributed by atoms with Crippen LogP contribution in [0.25, 0.3) is 0 Å². The van der Waals surface area contributed by atoms with E-state index in [-0.39, 0.29) is 0 Å². The van der Waals surface area contributed by atoms with Crippen LogP contribution in [0.5, 0.6) is 11.5 Å². The average molecular weight is 313 g/mol. The van der Waals surface area contributed by atoms with Gasteiger partial charge in [0.2, 0.25) is 0 Å². The standard InChI is InChI=1S/C13H11BrClNO/c1-9-4-10(6-14)2-3-13(9)17-12-5-11(15)7-16-8-12/h2-5,7-8H,6H2,1H3. The quantitative estimate of drug-likeness (QED) is 0.764. The van der Waals surface area contributed by atoms with E-state index in [1.165, 1.54) is 5.56 Å². The van der Waals surface area contributed by atoms with Gasteiger partial charge in [0.1, 0.15) is 11.5 Å². The minimum absolute atomic E-state index is 0.567. The van der Waals surface area contributed by atoms with Crippen LogP contribution < -0.4 is 4.74 Å². The van der Waals surface area contributed by atoms with Crippen molar-refractivity contribution in [3.05, 3.63) is 52.8 Å². The minimum atomic E-state index is 0.567. The number of halogens is 2. The van der Waals surface area contributed by atoms with E-state index >= 15 is 0 Å². The molecule has 2 nitrogen and oxygen atoms in total. The fraction of sp³-hybridized carbons (Fsp3) is 0.154. The molecule has 88 valence electrons. The van der Waals surface area contributed by atoms with E-state index in [9.17, 15) is 0 Å². The summed E-state index contributed by atoms with van der Waals surface area (Å²) in [5.41, 5.74) is 2.31. The molecule has 0 atom stereocenters. The number of benzene rings is 1. The summed E-state index contributed by atoms with van der Waals surface area (Å²) in [6, 6.07) is 7.80. The van der Waals surface area contributed by atoms with Crippen LogP contribution in [-0.2, 0) is 5.33 Å². The first-order valence-corrected chi connectivity index (χ1v) is 6.63. The average Bonchev–Trinajstić information content (AvgIpc) is 2.32. The van der Waals surface area contributed by atoms with E-state index < -0.39 is 0 Å². The van der Waals surface area contributed by atoms with Crippen LogP contribution in [0.15, 0.2) is 36.7 Å². The number of rotatable bonds is 3. The SMILES string of the molecule is Cc1cc(CBr)ccc1Oc1cncc(Cl)c1. The van der Waals surface area contributed by atoms with Gasteiger partial charge in [0.15, 0.2) is 0 Å². The van der Waals surface area contributed by atoms with Crippen molar-refractivity contribution < 1.29 is 4.74 Å². The van der Waals surface area contributed by atoms with Gasteiger partial charge >= 0.3 is 0 Å². The number of hydrogen-bond acceptors (Lipinski definition) is 2. The van der Waals surface area contributed by atoms with Gasteiger partial charge in [-0.25, -0.2) is 0 Å². The largest absolute Gasteiger partial charge is 0.455 e. The highest BCUT2D eigenvalue weighted by molar-refractivity contribution is 9.08. The first-order chi connectivity index (χ1) is 8.19. The highest BCUT2D eigenvalue weighted by atomic mass is 79.9. The van der Waals surface area contributed by atoms with Gasteiger partial charge in [-0.2, -0.15) is 0 Å². The van der Waals surface area contributed by atoms with Crippen molar-refractivity contribution in [2.45, 2.75) is 12.3 Å². The number of nitrogens with zero attached hydrogens (tertiary/aromatic N) is 1. The molecule has 0 bridgehead atoms. The van der Waals surface area contributed by atoms with Crippen molar-refractivity contribution in [1.82, 2.24) is 4.98 Å². The Morgan fingerprint density at radius 3 is 2.76 bits per heavy atom. The number of pyridine rings is 1. The number of alkyl halides is 1. The number of ether oxygens (including phenoxy) is 1. The highest BCUT2D eigenvalue weighted by Gasteiger charge is 2.03. The molecule has 1 heterocycles. The summed E-state index contributed by atoms with van der Waals surface area (Å²) in [7, 11) is 0. The molecule has 0 aliphatic carbocycles. The van der Waals surface area contributed by atoms with Crippen LogP contribution in [-0.4, -0.2) is 4.98 Å². The van der Waals surface area contributed by atoms with Crippen molar-refractivity contribution in [1.29, 1.82) is 0 Å². The molecule has 0 saturated heterocycles. The predicted octanol–water partition coefficient (Wildman–Crippen LogP) is 4.73. The van der Waals surface area contributed by atoms with Gasteiger partial charge < -0.3 is 4.74 Å². The Labute approximate surface area is 114 Å². The fourth-order valence-corrected chi connectivity index (χ4v) is 2.00. The lowest BCUT2D eigenvalue weighted by atomic mass is 10.1. The lowest BCUT2D eigenvalue weighted by molar-refractivity contribution is 0.476. The first-order valence-electron chi connectivity index (χ1n) is 5.13. The number of aromatic nitrogens is 1. The second kappa shape index (κ2) is 5.52. The molecule has 0 saturated carbocycles. The van der Waals surface area contributed by atoms with Crippen LogP contribution in [0.2, 0.25) is 5.02 Å². The predicted molar refractivity (Wildman–Crippen MR) is 73.1 cm³/mol. The summed E-state index contributed by atoms with van der Waals surface area (Å²) in [6.45, 7) is 2.01. The molecule has 17 heavy (non-hydrogen) atoms. The number of hydrogen-bond donors (Lipinski definition) is 0. The Balaban J connectivity index is 2.24. The maximum absolute atomic E-state index is 5.85. The van der Waals surface area contributed by atoms with Gasteiger partial charge in [-0.05, 0) is 24.1 Å². The van der Waals surface area contributed by atoms with Gasteiger partial charge in [0.25, 0.3) is 0 Å². The Morgan fingerprint density at radius 1 is 1.29 bits per heavy atom. The third-order valence-electron chi connectivity index (χ3n) is 2.30. The van der Waals surface area contributed by atoms with E-state index in [2.05, 4.69) is 27.0 Å². The molecule has 0 spiro atoms. The molecule has 0 amide bonds. The Kier molecular flexibility index (Phi) is 4.02. The number of aryl methyl sites for hydroxylation is 1. The summed E-state index contributed by atoms with van der Waals surface area (Å²) >= 11 is 9.27. The minimum Gasteiger partial charge on any atom is -0.455 e. The molecule has 1 aromatic carbocycles. The monoisotopic (exact) mass is 311 g/mol. The maximum atomic E-state index is 5.85. The van der Waals surface area contributed by atoms with Gasteiger partial charge in [-0.15, -0.1) is 0 Å². The molecule has 0 N–H and O–H groups in total. The van der Waals surface area contributed by atoms with Gasteiger partial charge in [0, 0.05) is 17.6 Å². The zero-order valence-electron chi connectivity index (χ0n) is 9.28. The van der Waals surface area contributed by atoms with Crippen molar-refractivity contribution >= 4 is 27.5 Å². The van der Waals surface area contributed by atoms with Crippen molar-refractivity contribution in [2.24, 2.45) is 0 Å². The van der Waals surface area contributed by atoms with Gasteiger partial charge in [-0.3, -0.25) is 4.98 Å². The molecule has 1 aromatic heterocycles. The Hall–Kier alpha value is -1.06. The zero-order chi connectivity index (χ0) is 12.3. The zero-order valence-corrected chi connectivity index (χ0v) is 11.6. The second-order valence-electron chi connectivity index (χ2n) is 3.67. The molecule has 0 radical (unpaired) electrons. The molecular weight excluding hydrogens is 302 g/mol. The third kappa shape index (κ3) is 3.20. The van der Waals surface area contributed by atoms with Crippen LogP contribution in [0, 0.1) is 6.92 Å².